The lowest BCUT2D eigenvalue weighted by Crippen LogP contribution is -2.48. The highest BCUT2D eigenvalue weighted by Crippen LogP contribution is 2.50. The van der Waals surface area contributed by atoms with Crippen molar-refractivity contribution in [1.29, 1.82) is 0 Å². The van der Waals surface area contributed by atoms with E-state index < -0.39 is 5.60 Å². The second-order valence-electron chi connectivity index (χ2n) is 6.50. The fraction of sp³-hybridized carbons (Fsp3) is 0.867. The van der Waals surface area contributed by atoms with E-state index in [0.717, 1.165) is 18.3 Å². The lowest BCUT2D eigenvalue weighted by atomic mass is 9.57. The highest BCUT2D eigenvalue weighted by atomic mass is 16.3. The van der Waals surface area contributed by atoms with E-state index in [-0.39, 0.29) is 0 Å². The van der Waals surface area contributed by atoms with Crippen LogP contribution in [0.25, 0.3) is 0 Å². The van der Waals surface area contributed by atoms with Crippen LogP contribution < -0.4 is 0 Å². The summed E-state index contributed by atoms with van der Waals surface area (Å²) in [7, 11) is 0. The van der Waals surface area contributed by atoms with Gasteiger partial charge in [-0.2, -0.15) is 0 Å². The van der Waals surface area contributed by atoms with Crippen molar-refractivity contribution in [2.45, 2.75) is 58.5 Å². The molecule has 0 bridgehead atoms. The second kappa shape index (κ2) is 4.18. The van der Waals surface area contributed by atoms with Gasteiger partial charge in [0, 0.05) is 0 Å². The van der Waals surface area contributed by atoms with E-state index in [1.807, 2.05) is 0 Å². The van der Waals surface area contributed by atoms with Crippen LogP contribution in [-0.2, 0) is 0 Å². The van der Waals surface area contributed by atoms with Crippen LogP contribution in [0.4, 0.5) is 0 Å². The average molecular weight is 222 g/mol. The van der Waals surface area contributed by atoms with Crippen LogP contribution in [0.3, 0.4) is 0 Å². The Morgan fingerprint density at radius 1 is 1.31 bits per heavy atom. The van der Waals surface area contributed by atoms with Gasteiger partial charge in [0.2, 0.25) is 0 Å². The number of aliphatic hydroxyl groups is 1. The molecule has 0 aliphatic heterocycles. The van der Waals surface area contributed by atoms with Gasteiger partial charge in [0.25, 0.3) is 0 Å². The molecule has 16 heavy (non-hydrogen) atoms. The monoisotopic (exact) mass is 222 g/mol. The first kappa shape index (κ1) is 12.2. The molecule has 5 atom stereocenters. The molecule has 0 heterocycles. The third-order valence-electron chi connectivity index (χ3n) is 5.23. The van der Waals surface area contributed by atoms with Crippen LogP contribution in [-0.4, -0.2) is 10.7 Å². The van der Waals surface area contributed by atoms with Crippen LogP contribution in [0, 0.1) is 23.7 Å². The van der Waals surface area contributed by atoms with Crippen LogP contribution in [0.15, 0.2) is 12.2 Å². The summed E-state index contributed by atoms with van der Waals surface area (Å²) in [6, 6.07) is 0. The fourth-order valence-corrected chi connectivity index (χ4v) is 3.97. The summed E-state index contributed by atoms with van der Waals surface area (Å²) >= 11 is 0. The summed E-state index contributed by atoms with van der Waals surface area (Å²) in [5, 5.41) is 10.5. The zero-order chi connectivity index (χ0) is 11.9. The van der Waals surface area contributed by atoms with Crippen LogP contribution in [0.2, 0.25) is 0 Å². The van der Waals surface area contributed by atoms with Gasteiger partial charge in [0.15, 0.2) is 0 Å². The van der Waals surface area contributed by atoms with Crippen molar-refractivity contribution in [3.05, 3.63) is 12.2 Å². The molecule has 0 aromatic heterocycles. The molecule has 1 heteroatoms. The van der Waals surface area contributed by atoms with Gasteiger partial charge in [-0.05, 0) is 69.6 Å². The zero-order valence-electron chi connectivity index (χ0n) is 11.0. The maximum absolute atomic E-state index is 10.5. The van der Waals surface area contributed by atoms with Crippen molar-refractivity contribution in [3.8, 4) is 0 Å². The maximum atomic E-state index is 10.5. The van der Waals surface area contributed by atoms with Crippen LogP contribution in [0.1, 0.15) is 52.9 Å². The lowest BCUT2D eigenvalue weighted by Gasteiger charge is -2.50. The van der Waals surface area contributed by atoms with Gasteiger partial charge in [0.1, 0.15) is 0 Å². The molecule has 2 aliphatic carbocycles. The first-order valence-electron chi connectivity index (χ1n) is 6.79. The predicted molar refractivity (Wildman–Crippen MR) is 68.2 cm³/mol. The van der Waals surface area contributed by atoms with Gasteiger partial charge in [0.05, 0.1) is 5.60 Å². The first-order valence-corrected chi connectivity index (χ1v) is 6.79. The third kappa shape index (κ3) is 2.07. The zero-order valence-corrected chi connectivity index (χ0v) is 11.0. The van der Waals surface area contributed by atoms with E-state index in [9.17, 15) is 5.11 Å². The minimum atomic E-state index is -0.406. The van der Waals surface area contributed by atoms with Gasteiger partial charge in [-0.3, -0.25) is 0 Å². The number of allylic oxidation sites excluding steroid dienone is 1. The summed E-state index contributed by atoms with van der Waals surface area (Å²) in [5.41, 5.74) is 0.938. The van der Waals surface area contributed by atoms with Gasteiger partial charge in [-0.15, -0.1) is 0 Å². The van der Waals surface area contributed by atoms with E-state index in [0.29, 0.717) is 11.8 Å². The van der Waals surface area contributed by atoms with Gasteiger partial charge in [-0.1, -0.05) is 19.1 Å². The van der Waals surface area contributed by atoms with Crippen molar-refractivity contribution >= 4 is 0 Å². The number of rotatable bonds is 1. The first-order chi connectivity index (χ1) is 7.42. The van der Waals surface area contributed by atoms with E-state index >= 15 is 0 Å². The molecule has 0 amide bonds. The standard InChI is InChI=1S/C15H26O/c1-10(2)12-5-6-14-13(9-12)11(3)7-8-15(14,4)16/h11-14,16H,1,5-9H2,2-4H3. The highest BCUT2D eigenvalue weighted by Gasteiger charge is 2.46. The predicted octanol–water partition coefficient (Wildman–Crippen LogP) is 3.78. The summed E-state index contributed by atoms with van der Waals surface area (Å²) in [4.78, 5) is 0. The summed E-state index contributed by atoms with van der Waals surface area (Å²) in [5.74, 6) is 2.75. The number of hydrogen-bond acceptors (Lipinski definition) is 1. The van der Waals surface area contributed by atoms with Crippen molar-refractivity contribution in [2.75, 3.05) is 0 Å². The molecule has 0 aromatic carbocycles. The Morgan fingerprint density at radius 3 is 2.62 bits per heavy atom. The molecule has 1 N–H and O–H groups in total. The molecule has 5 unspecified atom stereocenters. The molecule has 2 saturated carbocycles. The lowest BCUT2D eigenvalue weighted by molar-refractivity contribution is -0.0975. The molecule has 92 valence electrons. The van der Waals surface area contributed by atoms with Crippen LogP contribution in [0.5, 0.6) is 0 Å². The van der Waals surface area contributed by atoms with E-state index in [2.05, 4.69) is 27.4 Å². The number of hydrogen-bond donors (Lipinski definition) is 1. The molecule has 1 nitrogen and oxygen atoms in total. The minimum absolute atomic E-state index is 0.406. The Balaban J connectivity index is 2.13. The van der Waals surface area contributed by atoms with Crippen molar-refractivity contribution in [2.24, 2.45) is 23.7 Å². The smallest absolute Gasteiger partial charge is 0.0650 e. The second-order valence-corrected chi connectivity index (χ2v) is 6.50. The van der Waals surface area contributed by atoms with E-state index in [1.165, 1.54) is 31.3 Å². The summed E-state index contributed by atoms with van der Waals surface area (Å²) < 4.78 is 0. The molecular formula is C15H26O. The van der Waals surface area contributed by atoms with E-state index in [4.69, 9.17) is 0 Å². The van der Waals surface area contributed by atoms with Crippen molar-refractivity contribution < 1.29 is 5.11 Å². The Bertz CT molecular complexity index is 279. The normalized spacial score (nSPS) is 48.5. The molecule has 0 saturated heterocycles. The molecule has 2 aliphatic rings. The molecule has 2 fully saturated rings. The fourth-order valence-electron chi connectivity index (χ4n) is 3.97. The molecule has 2 rings (SSSR count). The maximum Gasteiger partial charge on any atom is 0.0650 e. The SMILES string of the molecule is C=C(C)C1CCC2C(C1)C(C)CCC2(C)O. The van der Waals surface area contributed by atoms with Gasteiger partial charge in [-0.25, -0.2) is 0 Å². The molecule has 0 spiro atoms. The van der Waals surface area contributed by atoms with Crippen LogP contribution >= 0.6 is 0 Å². The minimum Gasteiger partial charge on any atom is -0.390 e. The van der Waals surface area contributed by atoms with Crippen molar-refractivity contribution in [1.82, 2.24) is 0 Å². The summed E-state index contributed by atoms with van der Waals surface area (Å²) in [6.07, 6.45) is 5.88. The molecule has 0 aromatic rings. The van der Waals surface area contributed by atoms with Crippen molar-refractivity contribution in [3.63, 3.8) is 0 Å². The Kier molecular flexibility index (Phi) is 3.18. The third-order valence-corrected chi connectivity index (χ3v) is 5.23. The van der Waals surface area contributed by atoms with Gasteiger partial charge >= 0.3 is 0 Å². The number of fused-ring (bicyclic) bond motifs is 1. The quantitative estimate of drug-likeness (QED) is 0.669. The Labute approximate surface area is 99.9 Å². The Hall–Kier alpha value is -0.300. The highest BCUT2D eigenvalue weighted by molar-refractivity contribution is 5.04. The summed E-state index contributed by atoms with van der Waals surface area (Å²) in [6.45, 7) is 10.7. The van der Waals surface area contributed by atoms with Gasteiger partial charge < -0.3 is 5.11 Å². The molecular weight excluding hydrogens is 196 g/mol. The largest absolute Gasteiger partial charge is 0.390 e. The van der Waals surface area contributed by atoms with E-state index in [1.54, 1.807) is 0 Å². The Morgan fingerprint density at radius 2 is 2.00 bits per heavy atom. The topological polar surface area (TPSA) is 20.2 Å². The average Bonchev–Trinajstić information content (AvgIpc) is 2.23. The molecule has 0 radical (unpaired) electrons.